The van der Waals surface area contributed by atoms with Crippen molar-refractivity contribution in [1.82, 2.24) is 9.91 Å². The van der Waals surface area contributed by atoms with Crippen LogP contribution in [0.25, 0.3) is 0 Å². The number of hydrogen-bond acceptors (Lipinski definition) is 5. The molecule has 1 fully saturated rings. The van der Waals surface area contributed by atoms with Gasteiger partial charge in [0.1, 0.15) is 5.71 Å². The van der Waals surface area contributed by atoms with Crippen molar-refractivity contribution >= 4 is 23.5 Å². The van der Waals surface area contributed by atoms with E-state index in [4.69, 9.17) is 9.84 Å². The van der Waals surface area contributed by atoms with E-state index in [1.54, 1.807) is 4.90 Å². The molecule has 3 rings (SSSR count). The fourth-order valence-corrected chi connectivity index (χ4v) is 3.04. The Morgan fingerprint density at radius 3 is 2.73 bits per heavy atom. The van der Waals surface area contributed by atoms with Gasteiger partial charge >= 0.3 is 5.97 Å². The van der Waals surface area contributed by atoms with Crippen LogP contribution in [0.3, 0.4) is 0 Å². The molecular formula is C18H21N3O5. The summed E-state index contributed by atoms with van der Waals surface area (Å²) in [6.45, 7) is 1.22. The number of carbonyl (C=O) groups excluding carboxylic acids is 2. The predicted molar refractivity (Wildman–Crippen MR) is 92.2 cm³/mol. The minimum Gasteiger partial charge on any atom is -0.481 e. The maximum absolute atomic E-state index is 12.7. The molecule has 0 aromatic heterocycles. The van der Waals surface area contributed by atoms with E-state index in [9.17, 15) is 14.4 Å². The van der Waals surface area contributed by atoms with Crippen LogP contribution >= 0.6 is 0 Å². The first-order chi connectivity index (χ1) is 12.5. The van der Waals surface area contributed by atoms with Gasteiger partial charge in [-0.3, -0.25) is 14.4 Å². The van der Waals surface area contributed by atoms with Gasteiger partial charge in [0.15, 0.2) is 0 Å². The average molecular weight is 359 g/mol. The molecule has 1 N–H and O–H groups in total. The number of aliphatic carboxylic acids is 1. The molecule has 0 bridgehead atoms. The lowest BCUT2D eigenvalue weighted by atomic mass is 10.1. The van der Waals surface area contributed by atoms with Gasteiger partial charge in [0.2, 0.25) is 5.91 Å². The molecular weight excluding hydrogens is 338 g/mol. The van der Waals surface area contributed by atoms with Gasteiger partial charge in [0, 0.05) is 25.9 Å². The molecule has 26 heavy (non-hydrogen) atoms. The maximum Gasteiger partial charge on any atom is 0.306 e. The molecule has 1 unspecified atom stereocenters. The minimum absolute atomic E-state index is 0.115. The van der Waals surface area contributed by atoms with Crippen LogP contribution in [0.4, 0.5) is 0 Å². The van der Waals surface area contributed by atoms with Crippen LogP contribution in [0, 0.1) is 0 Å². The van der Waals surface area contributed by atoms with E-state index in [-0.39, 0.29) is 31.2 Å². The van der Waals surface area contributed by atoms with Crippen LogP contribution in [0.5, 0.6) is 0 Å². The first-order valence-corrected chi connectivity index (χ1v) is 8.57. The van der Waals surface area contributed by atoms with Crippen molar-refractivity contribution < 1.29 is 24.2 Å². The number of benzene rings is 1. The number of morpholine rings is 1. The van der Waals surface area contributed by atoms with Gasteiger partial charge in [0.05, 0.1) is 25.7 Å². The molecule has 1 saturated heterocycles. The zero-order chi connectivity index (χ0) is 18.5. The van der Waals surface area contributed by atoms with Crippen molar-refractivity contribution in [3.05, 3.63) is 35.9 Å². The summed E-state index contributed by atoms with van der Waals surface area (Å²) in [5.41, 5.74) is 1.27. The lowest BCUT2D eigenvalue weighted by Gasteiger charge is -2.33. The van der Waals surface area contributed by atoms with Crippen molar-refractivity contribution in [3.8, 4) is 0 Å². The zero-order valence-corrected chi connectivity index (χ0v) is 14.3. The lowest BCUT2D eigenvalue weighted by molar-refractivity contribution is -0.145. The number of hydrazone groups is 1. The quantitative estimate of drug-likeness (QED) is 0.841. The van der Waals surface area contributed by atoms with Crippen LogP contribution in [0.1, 0.15) is 24.8 Å². The Balaban J connectivity index is 1.68. The lowest BCUT2D eigenvalue weighted by Crippen LogP contribution is -2.49. The first kappa shape index (κ1) is 18.1. The molecule has 0 aliphatic carbocycles. The molecule has 8 heteroatoms. The van der Waals surface area contributed by atoms with Crippen molar-refractivity contribution in [2.75, 3.05) is 19.7 Å². The van der Waals surface area contributed by atoms with E-state index < -0.39 is 12.1 Å². The normalized spacial score (nSPS) is 20.7. The number of hydrogen-bond donors (Lipinski definition) is 1. The molecule has 1 aromatic carbocycles. The molecule has 2 amide bonds. The highest BCUT2D eigenvalue weighted by atomic mass is 16.5. The molecule has 2 aliphatic heterocycles. The molecule has 1 aromatic rings. The summed E-state index contributed by atoms with van der Waals surface area (Å²) in [6, 6.07) is 9.46. The van der Waals surface area contributed by atoms with Gasteiger partial charge in [0.25, 0.3) is 5.91 Å². The number of ether oxygens (including phenoxy) is 1. The van der Waals surface area contributed by atoms with Crippen molar-refractivity contribution in [1.29, 1.82) is 0 Å². The Morgan fingerprint density at radius 2 is 2.00 bits per heavy atom. The molecule has 2 aliphatic rings. The maximum atomic E-state index is 12.7. The second-order valence-electron chi connectivity index (χ2n) is 6.33. The summed E-state index contributed by atoms with van der Waals surface area (Å²) in [6.07, 6.45) is -0.129. The van der Waals surface area contributed by atoms with Crippen LogP contribution in [-0.4, -0.2) is 64.3 Å². The summed E-state index contributed by atoms with van der Waals surface area (Å²) in [5.74, 6) is -1.33. The third-order valence-corrected chi connectivity index (χ3v) is 4.36. The average Bonchev–Trinajstić information content (AvgIpc) is 2.63. The van der Waals surface area contributed by atoms with Gasteiger partial charge in [-0.1, -0.05) is 30.3 Å². The first-order valence-electron chi connectivity index (χ1n) is 8.57. The number of amides is 2. The third-order valence-electron chi connectivity index (χ3n) is 4.36. The summed E-state index contributed by atoms with van der Waals surface area (Å²) < 4.78 is 5.39. The topological polar surface area (TPSA) is 99.5 Å². The van der Waals surface area contributed by atoms with Crippen LogP contribution in [-0.2, 0) is 25.7 Å². The number of carbonyl (C=O) groups is 3. The zero-order valence-electron chi connectivity index (χ0n) is 14.3. The van der Waals surface area contributed by atoms with Gasteiger partial charge < -0.3 is 14.7 Å². The van der Waals surface area contributed by atoms with Gasteiger partial charge in [-0.25, -0.2) is 5.01 Å². The standard InChI is InChI=1S/C18H21N3O5/c22-16-7-6-15(19-21(16)11-13-4-2-1-3-5-13)18(25)20-8-9-26-14(12-20)10-17(23)24/h1-5,14H,6-12H2,(H,23,24). The summed E-state index contributed by atoms with van der Waals surface area (Å²) >= 11 is 0. The molecule has 8 nitrogen and oxygen atoms in total. The van der Waals surface area contributed by atoms with E-state index in [1.165, 1.54) is 5.01 Å². The van der Waals surface area contributed by atoms with Gasteiger partial charge in [-0.05, 0) is 5.56 Å². The fourth-order valence-electron chi connectivity index (χ4n) is 3.04. The SMILES string of the molecule is O=C(O)CC1CN(C(=O)C2=NN(Cc3ccccc3)C(=O)CC2)CCO1. The smallest absolute Gasteiger partial charge is 0.306 e. The van der Waals surface area contributed by atoms with Gasteiger partial charge in [-0.2, -0.15) is 5.10 Å². The fraction of sp³-hybridized carbons (Fsp3) is 0.444. The third kappa shape index (κ3) is 4.45. The summed E-state index contributed by atoms with van der Waals surface area (Å²) in [7, 11) is 0. The highest BCUT2D eigenvalue weighted by Gasteiger charge is 2.31. The number of nitrogens with zero attached hydrogens (tertiary/aromatic N) is 3. The molecule has 0 radical (unpaired) electrons. The Morgan fingerprint density at radius 1 is 1.23 bits per heavy atom. The van der Waals surface area contributed by atoms with E-state index in [1.807, 2.05) is 30.3 Å². The minimum atomic E-state index is -0.959. The van der Waals surface area contributed by atoms with Crippen molar-refractivity contribution in [3.63, 3.8) is 0 Å². The van der Waals surface area contributed by atoms with E-state index >= 15 is 0 Å². The Labute approximate surface area is 151 Å². The number of carboxylic acid groups (broad SMARTS) is 1. The van der Waals surface area contributed by atoms with Crippen molar-refractivity contribution in [2.24, 2.45) is 5.10 Å². The van der Waals surface area contributed by atoms with Crippen LogP contribution in [0.2, 0.25) is 0 Å². The Hall–Kier alpha value is -2.74. The molecule has 138 valence electrons. The van der Waals surface area contributed by atoms with Gasteiger partial charge in [-0.15, -0.1) is 0 Å². The Kier molecular flexibility index (Phi) is 5.62. The highest BCUT2D eigenvalue weighted by Crippen LogP contribution is 2.16. The van der Waals surface area contributed by atoms with Crippen LogP contribution < -0.4 is 0 Å². The monoisotopic (exact) mass is 359 g/mol. The second kappa shape index (κ2) is 8.09. The summed E-state index contributed by atoms with van der Waals surface area (Å²) in [5, 5.41) is 14.5. The summed E-state index contributed by atoms with van der Waals surface area (Å²) in [4.78, 5) is 37.3. The Bertz CT molecular complexity index is 719. The van der Waals surface area contributed by atoms with E-state index in [2.05, 4.69) is 5.10 Å². The molecule has 0 spiro atoms. The number of carboxylic acids is 1. The van der Waals surface area contributed by atoms with Crippen LogP contribution in [0.15, 0.2) is 35.4 Å². The molecule has 1 atom stereocenters. The predicted octanol–water partition coefficient (Wildman–Crippen LogP) is 0.867. The molecule has 2 heterocycles. The van der Waals surface area contributed by atoms with E-state index in [0.717, 1.165) is 5.56 Å². The van der Waals surface area contributed by atoms with E-state index in [0.29, 0.717) is 31.8 Å². The highest BCUT2D eigenvalue weighted by molar-refractivity contribution is 6.39. The largest absolute Gasteiger partial charge is 0.481 e. The second-order valence-corrected chi connectivity index (χ2v) is 6.33. The van der Waals surface area contributed by atoms with Crippen molar-refractivity contribution in [2.45, 2.75) is 31.9 Å². The number of rotatable bonds is 5. The molecule has 0 saturated carbocycles.